The highest BCUT2D eigenvalue weighted by Crippen LogP contribution is 2.05. The maximum atomic E-state index is 11.7. The molecule has 3 N–H and O–H groups in total. The average Bonchev–Trinajstić information content (AvgIpc) is 2.23. The maximum Gasteiger partial charge on any atom is 0.325 e. The van der Waals surface area contributed by atoms with Crippen LogP contribution in [0.4, 0.5) is 0 Å². The SMILES string of the molecule is CC(C)CC(NCC=O)C(=O)NC(C)C(=O)O. The molecule has 17 heavy (non-hydrogen) atoms. The van der Waals surface area contributed by atoms with Crippen LogP contribution < -0.4 is 10.6 Å². The minimum absolute atomic E-state index is 0.0757. The summed E-state index contributed by atoms with van der Waals surface area (Å²) in [5, 5.41) is 13.8. The lowest BCUT2D eigenvalue weighted by Crippen LogP contribution is -2.50. The van der Waals surface area contributed by atoms with Crippen LogP contribution in [0.5, 0.6) is 0 Å². The Kier molecular flexibility index (Phi) is 7.13. The van der Waals surface area contributed by atoms with Gasteiger partial charge in [0.05, 0.1) is 12.6 Å². The first kappa shape index (κ1) is 15.6. The molecule has 0 aliphatic carbocycles. The van der Waals surface area contributed by atoms with Crippen molar-refractivity contribution in [3.63, 3.8) is 0 Å². The second-order valence-electron chi connectivity index (χ2n) is 4.33. The minimum Gasteiger partial charge on any atom is -0.480 e. The van der Waals surface area contributed by atoms with E-state index in [1.165, 1.54) is 6.92 Å². The van der Waals surface area contributed by atoms with Gasteiger partial charge in [-0.05, 0) is 19.3 Å². The topological polar surface area (TPSA) is 95.5 Å². The highest BCUT2D eigenvalue weighted by atomic mass is 16.4. The van der Waals surface area contributed by atoms with Crippen molar-refractivity contribution in [1.82, 2.24) is 10.6 Å². The number of hydrogen-bond acceptors (Lipinski definition) is 4. The Bertz CT molecular complexity index is 279. The zero-order valence-electron chi connectivity index (χ0n) is 10.4. The maximum absolute atomic E-state index is 11.7. The van der Waals surface area contributed by atoms with Crippen molar-refractivity contribution >= 4 is 18.2 Å². The molecule has 1 amide bonds. The number of amides is 1. The number of carboxylic acids is 1. The molecule has 0 heterocycles. The molecule has 2 unspecified atom stereocenters. The van der Waals surface area contributed by atoms with Crippen LogP contribution >= 0.6 is 0 Å². The summed E-state index contributed by atoms with van der Waals surface area (Å²) in [6.45, 7) is 5.37. The van der Waals surface area contributed by atoms with Gasteiger partial charge < -0.3 is 15.2 Å². The van der Waals surface area contributed by atoms with Gasteiger partial charge in [0.25, 0.3) is 0 Å². The van der Waals surface area contributed by atoms with E-state index in [9.17, 15) is 14.4 Å². The lowest BCUT2D eigenvalue weighted by atomic mass is 10.0. The fourth-order valence-corrected chi connectivity index (χ4v) is 1.32. The Morgan fingerprint density at radius 2 is 1.88 bits per heavy atom. The average molecular weight is 244 g/mol. The molecule has 0 bridgehead atoms. The van der Waals surface area contributed by atoms with E-state index in [0.29, 0.717) is 12.7 Å². The van der Waals surface area contributed by atoms with E-state index in [1.807, 2.05) is 13.8 Å². The van der Waals surface area contributed by atoms with Crippen molar-refractivity contribution in [1.29, 1.82) is 0 Å². The van der Waals surface area contributed by atoms with Crippen LogP contribution in [-0.2, 0) is 14.4 Å². The number of rotatable bonds is 8. The van der Waals surface area contributed by atoms with E-state index in [0.717, 1.165) is 0 Å². The summed E-state index contributed by atoms with van der Waals surface area (Å²) < 4.78 is 0. The Hall–Kier alpha value is -1.43. The van der Waals surface area contributed by atoms with E-state index in [2.05, 4.69) is 10.6 Å². The molecule has 98 valence electrons. The molecule has 0 aliphatic heterocycles. The second-order valence-corrected chi connectivity index (χ2v) is 4.33. The van der Waals surface area contributed by atoms with Gasteiger partial charge >= 0.3 is 5.97 Å². The number of carbonyl (C=O) groups excluding carboxylic acids is 2. The second kappa shape index (κ2) is 7.78. The van der Waals surface area contributed by atoms with Crippen molar-refractivity contribution in [3.8, 4) is 0 Å². The first-order valence-electron chi connectivity index (χ1n) is 5.58. The van der Waals surface area contributed by atoms with Crippen LogP contribution in [0.1, 0.15) is 27.2 Å². The lowest BCUT2D eigenvalue weighted by Gasteiger charge is -2.20. The smallest absolute Gasteiger partial charge is 0.325 e. The number of nitrogens with one attached hydrogen (secondary N) is 2. The van der Waals surface area contributed by atoms with Gasteiger partial charge in [0.2, 0.25) is 5.91 Å². The van der Waals surface area contributed by atoms with Crippen molar-refractivity contribution in [3.05, 3.63) is 0 Å². The van der Waals surface area contributed by atoms with E-state index in [-0.39, 0.29) is 12.5 Å². The summed E-state index contributed by atoms with van der Waals surface area (Å²) in [6.07, 6.45) is 1.22. The first-order valence-corrected chi connectivity index (χ1v) is 5.58. The van der Waals surface area contributed by atoms with Crippen LogP contribution in [0.2, 0.25) is 0 Å². The molecule has 2 atom stereocenters. The quantitative estimate of drug-likeness (QED) is 0.513. The van der Waals surface area contributed by atoms with Crippen molar-refractivity contribution in [2.24, 2.45) is 5.92 Å². The number of carboxylic acid groups (broad SMARTS) is 1. The summed E-state index contributed by atoms with van der Waals surface area (Å²) in [5.41, 5.74) is 0. The van der Waals surface area contributed by atoms with Crippen LogP contribution in [0, 0.1) is 5.92 Å². The van der Waals surface area contributed by atoms with Gasteiger partial charge in [0.1, 0.15) is 12.3 Å². The molecule has 0 aliphatic rings. The first-order chi connectivity index (χ1) is 7.88. The molecule has 0 rings (SSSR count). The summed E-state index contributed by atoms with van der Waals surface area (Å²) >= 11 is 0. The van der Waals surface area contributed by atoms with E-state index in [1.54, 1.807) is 0 Å². The van der Waals surface area contributed by atoms with Crippen molar-refractivity contribution in [2.75, 3.05) is 6.54 Å². The van der Waals surface area contributed by atoms with E-state index < -0.39 is 24.0 Å². The molecule has 6 heteroatoms. The standard InChI is InChI=1S/C11H20N2O4/c1-7(2)6-9(12-4-5-14)10(15)13-8(3)11(16)17/h5,7-9,12H,4,6H2,1-3H3,(H,13,15)(H,16,17). The van der Waals surface area contributed by atoms with Crippen LogP contribution in [0.25, 0.3) is 0 Å². The zero-order chi connectivity index (χ0) is 13.4. The van der Waals surface area contributed by atoms with Gasteiger partial charge in [-0.3, -0.25) is 14.9 Å². The zero-order valence-corrected chi connectivity index (χ0v) is 10.4. The van der Waals surface area contributed by atoms with Gasteiger partial charge in [0.15, 0.2) is 0 Å². The Balaban J connectivity index is 4.40. The van der Waals surface area contributed by atoms with Gasteiger partial charge in [-0.2, -0.15) is 0 Å². The molecule has 0 aromatic carbocycles. The molecule has 0 radical (unpaired) electrons. The fraction of sp³-hybridized carbons (Fsp3) is 0.727. The molecule has 6 nitrogen and oxygen atoms in total. The highest BCUT2D eigenvalue weighted by Gasteiger charge is 2.22. The van der Waals surface area contributed by atoms with Gasteiger partial charge in [-0.15, -0.1) is 0 Å². The van der Waals surface area contributed by atoms with Gasteiger partial charge in [0, 0.05) is 0 Å². The van der Waals surface area contributed by atoms with Gasteiger partial charge in [-0.1, -0.05) is 13.8 Å². The van der Waals surface area contributed by atoms with Gasteiger partial charge in [-0.25, -0.2) is 0 Å². The third kappa shape index (κ3) is 6.68. The molecular weight excluding hydrogens is 224 g/mol. The number of hydrogen-bond donors (Lipinski definition) is 3. The molecule has 0 fully saturated rings. The van der Waals surface area contributed by atoms with Crippen molar-refractivity contribution < 1.29 is 19.5 Å². The molecular formula is C11H20N2O4. The predicted molar refractivity (Wildman–Crippen MR) is 62.6 cm³/mol. The normalized spacial score (nSPS) is 14.1. The van der Waals surface area contributed by atoms with E-state index in [4.69, 9.17) is 5.11 Å². The van der Waals surface area contributed by atoms with Crippen LogP contribution in [0.15, 0.2) is 0 Å². The Morgan fingerprint density at radius 3 is 2.29 bits per heavy atom. The number of carbonyl (C=O) groups is 3. The summed E-state index contributed by atoms with van der Waals surface area (Å²) in [5.74, 6) is -1.21. The minimum atomic E-state index is -1.09. The summed E-state index contributed by atoms with van der Waals surface area (Å²) in [6, 6.07) is -1.47. The van der Waals surface area contributed by atoms with Crippen LogP contribution in [-0.4, -0.2) is 41.9 Å². The largest absolute Gasteiger partial charge is 0.480 e. The molecule has 0 aromatic heterocycles. The molecule has 0 spiro atoms. The third-order valence-corrected chi connectivity index (χ3v) is 2.20. The number of aliphatic carboxylic acids is 1. The summed E-state index contributed by atoms with van der Waals surface area (Å²) in [4.78, 5) is 32.6. The summed E-state index contributed by atoms with van der Waals surface area (Å²) in [7, 11) is 0. The molecule has 0 saturated carbocycles. The third-order valence-electron chi connectivity index (χ3n) is 2.20. The lowest BCUT2D eigenvalue weighted by molar-refractivity contribution is -0.141. The monoisotopic (exact) mass is 244 g/mol. The molecule has 0 saturated heterocycles. The number of aldehydes is 1. The predicted octanol–water partition coefficient (Wildman–Crippen LogP) is -0.221. The fourth-order valence-electron chi connectivity index (χ4n) is 1.32. The van der Waals surface area contributed by atoms with E-state index >= 15 is 0 Å². The Labute approximate surface area is 101 Å². The van der Waals surface area contributed by atoms with Crippen LogP contribution in [0.3, 0.4) is 0 Å². The molecule has 0 aromatic rings. The van der Waals surface area contributed by atoms with Crippen molar-refractivity contribution in [2.45, 2.75) is 39.3 Å². The Morgan fingerprint density at radius 1 is 1.29 bits per heavy atom. The highest BCUT2D eigenvalue weighted by molar-refractivity contribution is 5.86.